The first-order valence-electron chi connectivity index (χ1n) is 12.7. The van der Waals surface area contributed by atoms with Crippen molar-refractivity contribution in [3.63, 3.8) is 0 Å². The Bertz CT molecular complexity index is 1750. The highest BCUT2D eigenvalue weighted by molar-refractivity contribution is 7.89. The summed E-state index contributed by atoms with van der Waals surface area (Å²) >= 11 is 0. The Morgan fingerprint density at radius 1 is 0.821 bits per heavy atom. The van der Waals surface area contributed by atoms with E-state index in [9.17, 15) is 18.4 Å². The Kier molecular flexibility index (Phi) is 6.52. The summed E-state index contributed by atoms with van der Waals surface area (Å²) < 4.78 is 31.2. The van der Waals surface area contributed by atoms with Crippen LogP contribution < -0.4 is 5.48 Å². The number of benzene rings is 4. The molecule has 1 aromatic heterocycles. The van der Waals surface area contributed by atoms with Gasteiger partial charge in [0.05, 0.1) is 10.6 Å². The molecule has 0 saturated carbocycles. The summed E-state index contributed by atoms with van der Waals surface area (Å²) in [6.07, 6.45) is 0.439. The summed E-state index contributed by atoms with van der Waals surface area (Å²) in [6.45, 7) is 0.554. The van der Waals surface area contributed by atoms with Gasteiger partial charge in [0, 0.05) is 24.0 Å². The van der Waals surface area contributed by atoms with Crippen molar-refractivity contribution in [2.24, 2.45) is 0 Å². The normalized spacial score (nSPS) is 15.7. The van der Waals surface area contributed by atoms with Crippen LogP contribution in [-0.4, -0.2) is 34.9 Å². The molecular formula is C31H27N3O4S. The molecular weight excluding hydrogens is 510 g/mol. The molecule has 1 amide bonds. The number of sulfonamides is 1. The summed E-state index contributed by atoms with van der Waals surface area (Å²) in [5.41, 5.74) is 7.02. The van der Waals surface area contributed by atoms with E-state index in [1.165, 1.54) is 4.31 Å². The van der Waals surface area contributed by atoms with Crippen molar-refractivity contribution in [2.75, 3.05) is 6.54 Å². The number of carbonyl (C=O) groups excluding carboxylic acids is 1. The Hall–Kier alpha value is -4.24. The molecule has 0 spiro atoms. The average molecular weight is 538 g/mol. The molecule has 4 aromatic carbocycles. The fourth-order valence-electron chi connectivity index (χ4n) is 5.55. The zero-order valence-electron chi connectivity index (χ0n) is 21.1. The Balaban J connectivity index is 1.46. The van der Waals surface area contributed by atoms with Crippen molar-refractivity contribution in [3.8, 4) is 11.1 Å². The number of nitrogens with zero attached hydrogens (tertiary/aromatic N) is 2. The fourth-order valence-corrected chi connectivity index (χ4v) is 7.11. The van der Waals surface area contributed by atoms with Gasteiger partial charge in [-0.05, 0) is 46.9 Å². The van der Waals surface area contributed by atoms with Gasteiger partial charge in [-0.2, -0.15) is 4.31 Å². The number of para-hydroxylation sites is 1. The van der Waals surface area contributed by atoms with Gasteiger partial charge in [-0.1, -0.05) is 91.0 Å². The predicted octanol–water partition coefficient (Wildman–Crippen LogP) is 5.15. The van der Waals surface area contributed by atoms with Crippen LogP contribution in [0.4, 0.5) is 0 Å². The molecule has 7 nitrogen and oxygen atoms in total. The molecule has 0 saturated heterocycles. The van der Waals surface area contributed by atoms with Gasteiger partial charge in [0.25, 0.3) is 5.91 Å². The van der Waals surface area contributed by atoms with Crippen LogP contribution in [0.3, 0.4) is 0 Å². The maximum absolute atomic E-state index is 14.0. The first-order valence-corrected chi connectivity index (χ1v) is 14.2. The largest absolute Gasteiger partial charge is 0.338 e. The summed E-state index contributed by atoms with van der Waals surface area (Å²) in [6, 6.07) is 32.8. The molecule has 2 N–H and O–H groups in total. The van der Waals surface area contributed by atoms with Crippen LogP contribution >= 0.6 is 0 Å². The molecule has 6 rings (SSSR count). The van der Waals surface area contributed by atoms with Gasteiger partial charge in [0.1, 0.15) is 6.04 Å². The molecule has 196 valence electrons. The zero-order valence-corrected chi connectivity index (χ0v) is 21.9. The van der Waals surface area contributed by atoms with E-state index in [1.807, 2.05) is 89.5 Å². The lowest BCUT2D eigenvalue weighted by molar-refractivity contribution is -0.133. The Morgan fingerprint density at radius 2 is 1.44 bits per heavy atom. The second-order valence-corrected chi connectivity index (χ2v) is 11.5. The van der Waals surface area contributed by atoms with Crippen molar-refractivity contribution in [1.82, 2.24) is 14.4 Å². The molecule has 5 aromatic rings. The van der Waals surface area contributed by atoms with Crippen LogP contribution in [0.1, 0.15) is 22.9 Å². The smallest absolute Gasteiger partial charge is 0.267 e. The second-order valence-electron chi connectivity index (χ2n) is 9.59. The van der Waals surface area contributed by atoms with Crippen LogP contribution in [0.25, 0.3) is 22.0 Å². The van der Waals surface area contributed by atoms with Gasteiger partial charge >= 0.3 is 0 Å². The Morgan fingerprint density at radius 3 is 2.13 bits per heavy atom. The van der Waals surface area contributed by atoms with Crippen molar-refractivity contribution < 1.29 is 18.4 Å². The molecule has 8 heteroatoms. The highest BCUT2D eigenvalue weighted by atomic mass is 32.2. The number of nitrogens with one attached hydrogen (secondary N) is 1. The number of carbonyl (C=O) groups is 1. The molecule has 39 heavy (non-hydrogen) atoms. The number of aromatic nitrogens is 1. The number of hydrogen-bond donors (Lipinski definition) is 2. The quantitative estimate of drug-likeness (QED) is 0.232. The highest BCUT2D eigenvalue weighted by Gasteiger charge is 2.43. The van der Waals surface area contributed by atoms with E-state index in [2.05, 4.69) is 0 Å². The van der Waals surface area contributed by atoms with Crippen LogP contribution in [0.5, 0.6) is 0 Å². The minimum absolute atomic E-state index is 0.0899. The van der Waals surface area contributed by atoms with E-state index in [0.717, 1.165) is 33.2 Å². The van der Waals surface area contributed by atoms with E-state index in [0.29, 0.717) is 18.7 Å². The third-order valence-corrected chi connectivity index (χ3v) is 9.24. The van der Waals surface area contributed by atoms with E-state index >= 15 is 0 Å². The van der Waals surface area contributed by atoms with Gasteiger partial charge in [-0.25, -0.2) is 13.9 Å². The molecule has 1 aliphatic heterocycles. The van der Waals surface area contributed by atoms with Crippen molar-refractivity contribution in [1.29, 1.82) is 0 Å². The molecule has 0 aliphatic carbocycles. The van der Waals surface area contributed by atoms with Crippen LogP contribution in [-0.2, 0) is 27.8 Å². The third-order valence-electron chi connectivity index (χ3n) is 7.36. The van der Waals surface area contributed by atoms with Crippen molar-refractivity contribution >= 4 is 26.8 Å². The molecule has 2 heterocycles. The minimum Gasteiger partial charge on any atom is -0.338 e. The van der Waals surface area contributed by atoms with Gasteiger partial charge in [-0.3, -0.25) is 10.0 Å². The lowest BCUT2D eigenvalue weighted by Crippen LogP contribution is -2.47. The van der Waals surface area contributed by atoms with Crippen LogP contribution in [0, 0.1) is 0 Å². The zero-order chi connectivity index (χ0) is 27.0. The molecule has 1 aliphatic rings. The molecule has 0 bridgehead atoms. The van der Waals surface area contributed by atoms with Gasteiger partial charge in [-0.15, -0.1) is 0 Å². The third kappa shape index (κ3) is 4.42. The molecule has 0 unspecified atom stereocenters. The molecule has 1 atom stereocenters. The van der Waals surface area contributed by atoms with Gasteiger partial charge in [0.2, 0.25) is 10.0 Å². The monoisotopic (exact) mass is 537 g/mol. The number of rotatable bonds is 6. The van der Waals surface area contributed by atoms with E-state index < -0.39 is 22.0 Å². The number of amides is 1. The topological polar surface area (TPSA) is 91.6 Å². The predicted molar refractivity (Wildman–Crippen MR) is 150 cm³/mol. The SMILES string of the molecule is O=C(NO)[C@H]1c2c(c3ccccc3n2Cc2ccccc2)CCN1S(=O)(=O)c1ccc(-c2ccccc2)cc1. The maximum Gasteiger partial charge on any atom is 0.267 e. The summed E-state index contributed by atoms with van der Waals surface area (Å²) in [4.78, 5) is 13.3. The van der Waals surface area contributed by atoms with E-state index in [1.54, 1.807) is 29.7 Å². The molecule has 0 fully saturated rings. The van der Waals surface area contributed by atoms with Crippen LogP contribution in [0.2, 0.25) is 0 Å². The van der Waals surface area contributed by atoms with Gasteiger partial charge in [0.15, 0.2) is 0 Å². The minimum atomic E-state index is -4.09. The lowest BCUT2D eigenvalue weighted by atomic mass is 9.98. The first kappa shape index (κ1) is 25.1. The van der Waals surface area contributed by atoms with Crippen molar-refractivity contribution in [3.05, 3.63) is 126 Å². The number of hydrogen-bond acceptors (Lipinski definition) is 4. The average Bonchev–Trinajstić information content (AvgIpc) is 3.30. The van der Waals surface area contributed by atoms with E-state index in [-0.39, 0.29) is 11.4 Å². The Labute approximate surface area is 227 Å². The molecule has 0 radical (unpaired) electrons. The number of hydroxylamine groups is 1. The lowest BCUT2D eigenvalue weighted by Gasteiger charge is -2.34. The van der Waals surface area contributed by atoms with Gasteiger partial charge < -0.3 is 4.57 Å². The standard InChI is InChI=1S/C31H27N3O4S/c35-31(32-36)30-29-27(26-13-7-8-14-28(26)33(29)21-22-9-3-1-4-10-22)19-20-34(30)39(37,38)25-17-15-24(16-18-25)23-11-5-2-6-12-23/h1-18,30,36H,19-21H2,(H,32,35)/t30-/m1/s1. The summed E-state index contributed by atoms with van der Waals surface area (Å²) in [5.74, 6) is -0.794. The highest BCUT2D eigenvalue weighted by Crippen LogP contribution is 2.40. The maximum atomic E-state index is 14.0. The number of fused-ring (bicyclic) bond motifs is 3. The summed E-state index contributed by atoms with van der Waals surface area (Å²) in [7, 11) is -4.09. The second kappa shape index (κ2) is 10.1. The van der Waals surface area contributed by atoms with Crippen LogP contribution in [0.15, 0.2) is 114 Å². The summed E-state index contributed by atoms with van der Waals surface area (Å²) in [5, 5.41) is 10.7. The fraction of sp³-hybridized carbons (Fsp3) is 0.129. The van der Waals surface area contributed by atoms with Crippen molar-refractivity contribution in [2.45, 2.75) is 23.9 Å². The van der Waals surface area contributed by atoms with E-state index in [4.69, 9.17) is 0 Å². The first-order chi connectivity index (χ1) is 19.0.